The third kappa shape index (κ3) is 5.10. The molecule has 0 aromatic carbocycles. The van der Waals surface area contributed by atoms with Crippen molar-refractivity contribution in [1.82, 2.24) is 9.55 Å². The number of aromatic nitrogens is 2. The van der Waals surface area contributed by atoms with E-state index in [1.807, 2.05) is 13.8 Å². The quantitative estimate of drug-likeness (QED) is 0.670. The lowest BCUT2D eigenvalue weighted by molar-refractivity contribution is -0.118. The third-order valence-corrected chi connectivity index (χ3v) is 4.02. The van der Waals surface area contributed by atoms with E-state index < -0.39 is 11.2 Å². The van der Waals surface area contributed by atoms with Crippen molar-refractivity contribution in [1.29, 1.82) is 0 Å². The van der Waals surface area contributed by atoms with Gasteiger partial charge in [-0.3, -0.25) is 19.1 Å². The Kier molecular flexibility index (Phi) is 7.00. The van der Waals surface area contributed by atoms with Gasteiger partial charge in [-0.05, 0) is 18.1 Å². The Labute approximate surface area is 156 Å². The van der Waals surface area contributed by atoms with Crippen LogP contribution < -0.4 is 21.9 Å². The number of hydrogen-bond acceptors (Lipinski definition) is 6. The normalized spacial score (nSPS) is 11.1. The molecule has 148 valence electrons. The predicted octanol–water partition coefficient (Wildman–Crippen LogP) is 0.980. The molecular formula is C18H26N4O5. The van der Waals surface area contributed by atoms with Gasteiger partial charge in [-0.25, -0.2) is 4.79 Å². The smallest absolute Gasteiger partial charge is 0.330 e. The molecule has 0 saturated carbocycles. The number of rotatable bonds is 9. The second-order valence-corrected chi connectivity index (χ2v) is 6.62. The van der Waals surface area contributed by atoms with Gasteiger partial charge in [0, 0.05) is 33.0 Å². The summed E-state index contributed by atoms with van der Waals surface area (Å²) in [5, 5.41) is 0. The molecule has 3 N–H and O–H groups in total. The molecule has 0 aliphatic rings. The zero-order chi connectivity index (χ0) is 20.0. The second-order valence-electron chi connectivity index (χ2n) is 6.62. The Balaban J connectivity index is 2.38. The van der Waals surface area contributed by atoms with Crippen molar-refractivity contribution in [2.45, 2.75) is 33.2 Å². The van der Waals surface area contributed by atoms with Crippen LogP contribution in [0.5, 0.6) is 0 Å². The SMILES string of the molecule is COCCN(C(=O)CCc1ccco1)c1c(N)n(CC(C)C)c(=O)[nH]c1=O. The van der Waals surface area contributed by atoms with E-state index >= 15 is 0 Å². The molecule has 1 amide bonds. The van der Waals surface area contributed by atoms with Crippen LogP contribution in [0.4, 0.5) is 11.5 Å². The molecule has 0 saturated heterocycles. The van der Waals surface area contributed by atoms with Crippen LogP contribution in [0.2, 0.25) is 0 Å². The number of hydrogen-bond donors (Lipinski definition) is 2. The molecular weight excluding hydrogens is 352 g/mol. The lowest BCUT2D eigenvalue weighted by atomic mass is 10.2. The molecule has 0 bridgehead atoms. The lowest BCUT2D eigenvalue weighted by Gasteiger charge is -2.24. The Morgan fingerprint density at radius 2 is 2.15 bits per heavy atom. The van der Waals surface area contributed by atoms with Crippen LogP contribution in [0, 0.1) is 5.92 Å². The van der Waals surface area contributed by atoms with Crippen molar-refractivity contribution < 1.29 is 13.9 Å². The van der Waals surface area contributed by atoms with E-state index in [1.54, 1.807) is 12.1 Å². The maximum absolute atomic E-state index is 12.8. The van der Waals surface area contributed by atoms with Gasteiger partial charge in [0.15, 0.2) is 5.69 Å². The maximum atomic E-state index is 12.8. The number of aryl methyl sites for hydroxylation is 1. The molecule has 0 unspecified atom stereocenters. The van der Waals surface area contributed by atoms with E-state index in [2.05, 4.69) is 4.98 Å². The monoisotopic (exact) mass is 378 g/mol. The molecule has 2 rings (SSSR count). The van der Waals surface area contributed by atoms with Crippen LogP contribution in [-0.2, 0) is 22.5 Å². The molecule has 0 radical (unpaired) electrons. The van der Waals surface area contributed by atoms with Crippen LogP contribution in [0.1, 0.15) is 26.0 Å². The van der Waals surface area contributed by atoms with Crippen LogP contribution in [0.15, 0.2) is 32.4 Å². The molecule has 0 fully saturated rings. The van der Waals surface area contributed by atoms with Gasteiger partial charge in [-0.1, -0.05) is 13.8 Å². The molecule has 2 heterocycles. The van der Waals surface area contributed by atoms with Gasteiger partial charge in [0.2, 0.25) is 5.91 Å². The number of amides is 1. The number of aromatic amines is 1. The number of nitrogens with two attached hydrogens (primary N) is 1. The number of nitrogens with zero attached hydrogens (tertiary/aromatic N) is 2. The Morgan fingerprint density at radius 3 is 2.74 bits per heavy atom. The van der Waals surface area contributed by atoms with E-state index in [4.69, 9.17) is 14.9 Å². The molecule has 0 atom stereocenters. The first-order valence-corrected chi connectivity index (χ1v) is 8.79. The summed E-state index contributed by atoms with van der Waals surface area (Å²) in [5.41, 5.74) is 4.81. The topological polar surface area (TPSA) is 124 Å². The molecule has 0 aliphatic carbocycles. The van der Waals surface area contributed by atoms with E-state index in [9.17, 15) is 14.4 Å². The van der Waals surface area contributed by atoms with Crippen molar-refractivity contribution >= 4 is 17.4 Å². The highest BCUT2D eigenvalue weighted by molar-refractivity contribution is 5.95. The molecule has 0 spiro atoms. The largest absolute Gasteiger partial charge is 0.469 e. The van der Waals surface area contributed by atoms with Crippen molar-refractivity contribution in [3.63, 3.8) is 0 Å². The minimum Gasteiger partial charge on any atom is -0.469 e. The number of anilines is 2. The van der Waals surface area contributed by atoms with E-state index in [1.165, 1.54) is 22.8 Å². The van der Waals surface area contributed by atoms with Crippen LogP contribution in [0.3, 0.4) is 0 Å². The van der Waals surface area contributed by atoms with E-state index in [-0.39, 0.29) is 42.9 Å². The summed E-state index contributed by atoms with van der Waals surface area (Å²) in [6, 6.07) is 3.52. The fourth-order valence-corrected chi connectivity index (χ4v) is 2.75. The fraction of sp³-hybridized carbons (Fsp3) is 0.500. The zero-order valence-electron chi connectivity index (χ0n) is 15.9. The summed E-state index contributed by atoms with van der Waals surface area (Å²) in [5.74, 6) is 0.461. The Morgan fingerprint density at radius 1 is 1.41 bits per heavy atom. The maximum Gasteiger partial charge on any atom is 0.330 e. The van der Waals surface area contributed by atoms with Gasteiger partial charge in [0.25, 0.3) is 5.56 Å². The summed E-state index contributed by atoms with van der Waals surface area (Å²) in [6.07, 6.45) is 2.05. The summed E-state index contributed by atoms with van der Waals surface area (Å²) in [6.45, 7) is 4.53. The Hall–Kier alpha value is -2.81. The number of H-pyrrole nitrogens is 1. The van der Waals surface area contributed by atoms with Gasteiger partial charge >= 0.3 is 5.69 Å². The molecule has 27 heavy (non-hydrogen) atoms. The summed E-state index contributed by atoms with van der Waals surface area (Å²) in [4.78, 5) is 40.9. The van der Waals surface area contributed by atoms with Crippen molar-refractivity contribution in [2.24, 2.45) is 5.92 Å². The highest BCUT2D eigenvalue weighted by Crippen LogP contribution is 2.19. The zero-order valence-corrected chi connectivity index (χ0v) is 15.9. The molecule has 9 heteroatoms. The average molecular weight is 378 g/mol. The first-order valence-electron chi connectivity index (χ1n) is 8.79. The van der Waals surface area contributed by atoms with Crippen LogP contribution in [0.25, 0.3) is 0 Å². The number of carbonyl (C=O) groups is 1. The van der Waals surface area contributed by atoms with E-state index in [0.29, 0.717) is 18.7 Å². The minimum atomic E-state index is -0.694. The van der Waals surface area contributed by atoms with Crippen molar-refractivity contribution in [3.8, 4) is 0 Å². The highest BCUT2D eigenvalue weighted by Gasteiger charge is 2.24. The van der Waals surface area contributed by atoms with Gasteiger partial charge in [0.1, 0.15) is 11.6 Å². The fourth-order valence-electron chi connectivity index (χ4n) is 2.75. The van der Waals surface area contributed by atoms with Crippen molar-refractivity contribution in [3.05, 3.63) is 45.0 Å². The van der Waals surface area contributed by atoms with Gasteiger partial charge in [0.05, 0.1) is 12.9 Å². The molecule has 9 nitrogen and oxygen atoms in total. The summed E-state index contributed by atoms with van der Waals surface area (Å²) >= 11 is 0. The Bertz CT molecular complexity index is 867. The number of nitrogens with one attached hydrogen (secondary N) is 1. The first kappa shape index (κ1) is 20.5. The second kappa shape index (κ2) is 9.22. The molecule has 0 aliphatic heterocycles. The van der Waals surface area contributed by atoms with Gasteiger partial charge in [-0.2, -0.15) is 0 Å². The molecule has 2 aromatic rings. The van der Waals surface area contributed by atoms with Crippen LogP contribution >= 0.6 is 0 Å². The number of ether oxygens (including phenoxy) is 1. The summed E-state index contributed by atoms with van der Waals surface area (Å²) in [7, 11) is 1.50. The summed E-state index contributed by atoms with van der Waals surface area (Å²) < 4.78 is 11.6. The number of nitrogen functional groups attached to an aromatic ring is 1. The average Bonchev–Trinajstić information content (AvgIpc) is 3.12. The van der Waals surface area contributed by atoms with Crippen LogP contribution in [-0.4, -0.2) is 35.7 Å². The van der Waals surface area contributed by atoms with Crippen molar-refractivity contribution in [2.75, 3.05) is 30.9 Å². The standard InChI is InChI=1S/C18H26N4O5/c1-12(2)11-22-16(19)15(17(24)20-18(22)25)21(8-10-26-3)14(23)7-6-13-5-4-9-27-13/h4-5,9,12H,6-8,10-11,19H2,1-3H3,(H,20,24,25). The van der Waals surface area contributed by atoms with Gasteiger partial charge in [-0.15, -0.1) is 0 Å². The molecule has 2 aromatic heterocycles. The minimum absolute atomic E-state index is 0.0279. The first-order chi connectivity index (χ1) is 12.8. The van der Waals surface area contributed by atoms with Gasteiger partial charge < -0.3 is 19.8 Å². The van der Waals surface area contributed by atoms with E-state index in [0.717, 1.165) is 0 Å². The third-order valence-electron chi connectivity index (χ3n) is 4.02. The number of furan rings is 1. The predicted molar refractivity (Wildman–Crippen MR) is 102 cm³/mol. The number of methoxy groups -OCH3 is 1. The lowest BCUT2D eigenvalue weighted by Crippen LogP contribution is -2.43. The number of carbonyl (C=O) groups excluding carboxylic acids is 1. The highest BCUT2D eigenvalue weighted by atomic mass is 16.5.